The summed E-state index contributed by atoms with van der Waals surface area (Å²) >= 11 is 6.32. The van der Waals surface area contributed by atoms with Crippen LogP contribution >= 0.6 is 23.6 Å². The summed E-state index contributed by atoms with van der Waals surface area (Å²) in [5.74, 6) is -1.14. The van der Waals surface area contributed by atoms with E-state index in [-0.39, 0.29) is 25.4 Å². The van der Waals surface area contributed by atoms with Gasteiger partial charge in [-0.05, 0) is 19.1 Å². The monoisotopic (exact) mass is 285 g/mol. The number of rotatable bonds is 2. The fourth-order valence-corrected chi connectivity index (χ4v) is 2.95. The van der Waals surface area contributed by atoms with Crippen molar-refractivity contribution in [2.75, 3.05) is 13.1 Å². The fourth-order valence-electron chi connectivity index (χ4n) is 1.67. The summed E-state index contributed by atoms with van der Waals surface area (Å²) in [6.45, 7) is 1.70. The molecule has 18 heavy (non-hydrogen) atoms. The molecule has 8 heteroatoms. The molecule has 1 aliphatic heterocycles. The Morgan fingerprint density at radius 3 is 2.50 bits per heavy atom. The van der Waals surface area contributed by atoms with Gasteiger partial charge in [0, 0.05) is 10.6 Å². The number of thiazole rings is 1. The molecule has 2 N–H and O–H groups in total. The summed E-state index contributed by atoms with van der Waals surface area (Å²) < 4.78 is 0.614. The lowest BCUT2D eigenvalue weighted by atomic mass is 10.2. The zero-order chi connectivity index (χ0) is 13.3. The van der Waals surface area contributed by atoms with Crippen molar-refractivity contribution in [3.05, 3.63) is 14.5 Å². The Labute approximate surface area is 112 Å². The van der Waals surface area contributed by atoms with Gasteiger partial charge in [0.1, 0.15) is 13.1 Å². The molecule has 2 heterocycles. The first-order chi connectivity index (χ1) is 8.45. The van der Waals surface area contributed by atoms with Gasteiger partial charge in [-0.2, -0.15) is 0 Å². The maximum atomic E-state index is 12.0. The third-order valence-electron chi connectivity index (χ3n) is 2.54. The van der Waals surface area contributed by atoms with Crippen LogP contribution in [0.4, 0.5) is 0 Å². The molecule has 96 valence electrons. The van der Waals surface area contributed by atoms with Gasteiger partial charge in [-0.3, -0.25) is 19.7 Å². The van der Waals surface area contributed by atoms with Gasteiger partial charge in [-0.15, -0.1) is 11.3 Å². The Kier molecular flexibility index (Phi) is 3.58. The van der Waals surface area contributed by atoms with Gasteiger partial charge in [0.05, 0.1) is 6.42 Å². The van der Waals surface area contributed by atoms with E-state index in [1.807, 2.05) is 6.92 Å². The maximum absolute atomic E-state index is 12.0. The number of carbonyl (C=O) groups excluding carboxylic acids is 3. The highest BCUT2D eigenvalue weighted by Gasteiger charge is 2.26. The topological polar surface area (TPSA) is 82.3 Å². The molecule has 0 aliphatic carbocycles. The zero-order valence-corrected chi connectivity index (χ0v) is 11.2. The number of piperazine rings is 1. The van der Waals surface area contributed by atoms with Crippen LogP contribution in [-0.2, 0) is 20.8 Å². The third kappa shape index (κ3) is 2.82. The molecule has 6 nitrogen and oxygen atoms in total. The quantitative estimate of drug-likeness (QED) is 0.598. The van der Waals surface area contributed by atoms with Crippen LogP contribution < -0.4 is 5.32 Å². The predicted molar refractivity (Wildman–Crippen MR) is 67.7 cm³/mol. The molecule has 2 rings (SSSR count). The van der Waals surface area contributed by atoms with E-state index < -0.39 is 11.8 Å². The van der Waals surface area contributed by atoms with Crippen LogP contribution in [0.25, 0.3) is 0 Å². The molecular formula is C10H11N3O3S2. The van der Waals surface area contributed by atoms with Crippen molar-refractivity contribution in [1.82, 2.24) is 15.2 Å². The summed E-state index contributed by atoms with van der Waals surface area (Å²) in [6, 6.07) is 0. The number of hydrogen-bond acceptors (Lipinski definition) is 5. The molecule has 0 unspecified atom stereocenters. The average Bonchev–Trinajstić information content (AvgIpc) is 2.56. The molecule has 0 atom stereocenters. The van der Waals surface area contributed by atoms with Gasteiger partial charge in [-0.1, -0.05) is 0 Å². The number of aryl methyl sites for hydroxylation is 1. The molecule has 0 radical (unpaired) electrons. The van der Waals surface area contributed by atoms with Crippen molar-refractivity contribution in [3.8, 4) is 0 Å². The number of nitrogens with zero attached hydrogens (tertiary/aromatic N) is 1. The fraction of sp³-hybridized carbons (Fsp3) is 0.400. The van der Waals surface area contributed by atoms with Crippen LogP contribution in [0.5, 0.6) is 0 Å². The Hall–Kier alpha value is -1.54. The number of H-pyrrole nitrogens is 1. The molecule has 1 fully saturated rings. The van der Waals surface area contributed by atoms with Gasteiger partial charge in [-0.25, -0.2) is 0 Å². The van der Waals surface area contributed by atoms with Gasteiger partial charge < -0.3 is 9.88 Å². The first-order valence-corrected chi connectivity index (χ1v) is 6.47. The van der Waals surface area contributed by atoms with E-state index in [2.05, 4.69) is 10.3 Å². The van der Waals surface area contributed by atoms with Crippen molar-refractivity contribution < 1.29 is 14.4 Å². The number of carbonyl (C=O) groups is 3. The molecule has 0 aromatic carbocycles. The number of aromatic nitrogens is 1. The Bertz CT molecular complexity index is 559. The molecule has 1 saturated heterocycles. The number of amides is 3. The highest BCUT2D eigenvalue weighted by molar-refractivity contribution is 7.73. The highest BCUT2D eigenvalue weighted by Crippen LogP contribution is 2.16. The Morgan fingerprint density at radius 1 is 1.39 bits per heavy atom. The van der Waals surface area contributed by atoms with E-state index in [0.29, 0.717) is 3.95 Å². The minimum Gasteiger partial charge on any atom is -0.341 e. The van der Waals surface area contributed by atoms with E-state index >= 15 is 0 Å². The SMILES string of the molecule is Cc1[nH]c(=S)sc1CC(=O)N1CC(=O)NC(=O)C1. The van der Waals surface area contributed by atoms with E-state index in [4.69, 9.17) is 12.2 Å². The van der Waals surface area contributed by atoms with Crippen molar-refractivity contribution >= 4 is 41.3 Å². The van der Waals surface area contributed by atoms with E-state index in [1.54, 1.807) is 0 Å². The first kappa shape index (κ1) is 12.9. The molecule has 1 aliphatic rings. The molecule has 0 spiro atoms. The molecular weight excluding hydrogens is 274 g/mol. The zero-order valence-electron chi connectivity index (χ0n) is 9.61. The summed E-state index contributed by atoms with van der Waals surface area (Å²) in [5, 5.41) is 2.15. The maximum Gasteiger partial charge on any atom is 0.246 e. The molecule has 1 aromatic rings. The van der Waals surface area contributed by atoms with Crippen molar-refractivity contribution in [2.24, 2.45) is 0 Å². The van der Waals surface area contributed by atoms with Crippen molar-refractivity contribution in [1.29, 1.82) is 0 Å². The summed E-state index contributed by atoms with van der Waals surface area (Å²) in [6.07, 6.45) is 0.157. The second kappa shape index (κ2) is 4.99. The lowest BCUT2D eigenvalue weighted by Gasteiger charge is -2.25. The smallest absolute Gasteiger partial charge is 0.246 e. The largest absolute Gasteiger partial charge is 0.341 e. The average molecular weight is 285 g/mol. The summed E-state index contributed by atoms with van der Waals surface area (Å²) in [4.78, 5) is 39.3. The van der Waals surface area contributed by atoms with E-state index in [0.717, 1.165) is 10.6 Å². The molecule has 1 aromatic heterocycles. The Morgan fingerprint density at radius 2 is 2.00 bits per heavy atom. The number of imide groups is 1. The van der Waals surface area contributed by atoms with Gasteiger partial charge >= 0.3 is 0 Å². The van der Waals surface area contributed by atoms with Crippen molar-refractivity contribution in [3.63, 3.8) is 0 Å². The Balaban J connectivity index is 2.08. The minimum atomic E-state index is -0.446. The lowest BCUT2D eigenvalue weighted by Crippen LogP contribution is -2.53. The highest BCUT2D eigenvalue weighted by atomic mass is 32.1. The predicted octanol–water partition coefficient (Wildman–Crippen LogP) is 0.142. The normalized spacial score (nSPS) is 15.7. The van der Waals surface area contributed by atoms with E-state index in [9.17, 15) is 14.4 Å². The van der Waals surface area contributed by atoms with Crippen molar-refractivity contribution in [2.45, 2.75) is 13.3 Å². The van der Waals surface area contributed by atoms with Gasteiger partial charge in [0.2, 0.25) is 17.7 Å². The van der Waals surface area contributed by atoms with E-state index in [1.165, 1.54) is 16.2 Å². The second-order valence-corrected chi connectivity index (χ2v) is 5.73. The second-order valence-electron chi connectivity index (χ2n) is 3.96. The summed E-state index contributed by atoms with van der Waals surface area (Å²) in [7, 11) is 0. The van der Waals surface area contributed by atoms with Gasteiger partial charge in [0.25, 0.3) is 0 Å². The number of nitrogens with one attached hydrogen (secondary N) is 2. The first-order valence-electron chi connectivity index (χ1n) is 5.25. The lowest BCUT2D eigenvalue weighted by molar-refractivity contribution is -0.145. The van der Waals surface area contributed by atoms with Crippen LogP contribution in [0.1, 0.15) is 10.6 Å². The van der Waals surface area contributed by atoms with Crippen LogP contribution in [0, 0.1) is 10.9 Å². The third-order valence-corrected chi connectivity index (χ3v) is 3.87. The minimum absolute atomic E-state index is 0.0700. The molecule has 3 amide bonds. The van der Waals surface area contributed by atoms with Gasteiger partial charge in [0.15, 0.2) is 3.95 Å². The number of aromatic amines is 1. The molecule has 0 saturated carbocycles. The number of hydrogen-bond donors (Lipinski definition) is 2. The van der Waals surface area contributed by atoms with Crippen LogP contribution in [-0.4, -0.2) is 40.7 Å². The van der Waals surface area contributed by atoms with Crippen LogP contribution in [0.15, 0.2) is 0 Å². The molecule has 0 bridgehead atoms. The van der Waals surface area contributed by atoms with Crippen LogP contribution in [0.3, 0.4) is 0 Å². The standard InChI is InChI=1S/C10H11N3O3S2/c1-5-6(18-10(17)11-5)2-9(16)13-3-7(14)12-8(15)4-13/h2-4H2,1H3,(H,11,17)(H,12,14,15). The van der Waals surface area contributed by atoms with Crippen LogP contribution in [0.2, 0.25) is 0 Å². The summed E-state index contributed by atoms with van der Waals surface area (Å²) in [5.41, 5.74) is 0.853.